The molecule has 0 aliphatic carbocycles. The van der Waals surface area contributed by atoms with Crippen molar-refractivity contribution in [2.24, 2.45) is 5.10 Å². The third-order valence-corrected chi connectivity index (χ3v) is 9.66. The number of nitrogens with one attached hydrogen (secondary N) is 1. The quantitative estimate of drug-likeness (QED) is 0.173. The van der Waals surface area contributed by atoms with Crippen LogP contribution in [-0.4, -0.2) is 50.2 Å². The van der Waals surface area contributed by atoms with E-state index in [-0.39, 0.29) is 36.0 Å². The van der Waals surface area contributed by atoms with Crippen LogP contribution >= 0.6 is 23.1 Å². The normalized spacial score (nSPS) is 14.3. The third kappa shape index (κ3) is 6.58. The molecule has 1 atom stereocenters. The summed E-state index contributed by atoms with van der Waals surface area (Å²) in [4.78, 5) is 27.7. The van der Waals surface area contributed by atoms with Crippen LogP contribution < -0.4 is 10.1 Å². The monoisotopic (exact) mass is 654 g/mol. The second-order valence-electron chi connectivity index (χ2n) is 10.7. The van der Waals surface area contributed by atoms with Crippen molar-refractivity contribution in [2.75, 3.05) is 12.9 Å². The predicted molar refractivity (Wildman–Crippen MR) is 177 cm³/mol. The van der Waals surface area contributed by atoms with Gasteiger partial charge in [-0.3, -0.25) is 14.2 Å². The van der Waals surface area contributed by atoms with Gasteiger partial charge in [-0.2, -0.15) is 5.10 Å². The fourth-order valence-electron chi connectivity index (χ4n) is 5.20. The Morgan fingerprint density at radius 3 is 2.52 bits per heavy atom. The van der Waals surface area contributed by atoms with Crippen LogP contribution in [0.15, 0.2) is 94.5 Å². The van der Waals surface area contributed by atoms with E-state index in [0.717, 1.165) is 33.0 Å². The topological polar surface area (TPSA) is 102 Å². The highest BCUT2D eigenvalue weighted by molar-refractivity contribution is 7.99. The van der Waals surface area contributed by atoms with Crippen molar-refractivity contribution in [1.82, 2.24) is 25.1 Å². The number of benzene rings is 3. The van der Waals surface area contributed by atoms with E-state index in [1.807, 2.05) is 54.1 Å². The number of nitrogens with zero attached hydrogens (tertiary/aromatic N) is 5. The summed E-state index contributed by atoms with van der Waals surface area (Å²) in [6.07, 6.45) is 0.527. The Bertz CT molecular complexity index is 1890. The molecule has 2 aromatic heterocycles. The maximum atomic E-state index is 13.8. The largest absolute Gasteiger partial charge is 0.497 e. The minimum Gasteiger partial charge on any atom is -0.497 e. The summed E-state index contributed by atoms with van der Waals surface area (Å²) in [7, 11) is 1.57. The van der Waals surface area contributed by atoms with Crippen LogP contribution in [0.2, 0.25) is 0 Å². The van der Waals surface area contributed by atoms with E-state index in [4.69, 9.17) is 9.84 Å². The summed E-state index contributed by atoms with van der Waals surface area (Å²) in [5, 5.41) is 20.5. The van der Waals surface area contributed by atoms with Gasteiger partial charge in [0.2, 0.25) is 0 Å². The molecule has 0 spiro atoms. The van der Waals surface area contributed by atoms with Gasteiger partial charge in [-0.25, -0.2) is 9.40 Å². The smallest absolute Gasteiger partial charge is 0.253 e. The van der Waals surface area contributed by atoms with Crippen LogP contribution in [0.1, 0.15) is 50.2 Å². The number of ether oxygens (including phenoxy) is 1. The Kier molecular flexibility index (Phi) is 9.27. The van der Waals surface area contributed by atoms with Crippen molar-refractivity contribution in [3.05, 3.63) is 123 Å². The summed E-state index contributed by atoms with van der Waals surface area (Å²) in [6, 6.07) is 22.6. The van der Waals surface area contributed by atoms with Gasteiger partial charge >= 0.3 is 0 Å². The van der Waals surface area contributed by atoms with Crippen molar-refractivity contribution in [1.29, 1.82) is 0 Å². The minimum absolute atomic E-state index is 0.0418. The van der Waals surface area contributed by atoms with Crippen LogP contribution in [0.5, 0.6) is 5.75 Å². The average molecular weight is 655 g/mol. The molecule has 9 nitrogen and oxygen atoms in total. The number of hydrazone groups is 1. The summed E-state index contributed by atoms with van der Waals surface area (Å²) in [5.41, 5.74) is 5.08. The Balaban J connectivity index is 1.25. The van der Waals surface area contributed by atoms with E-state index in [0.29, 0.717) is 28.7 Å². The fraction of sp³-hybridized carbons (Fsp3) is 0.206. The molecule has 6 rings (SSSR count). The van der Waals surface area contributed by atoms with Gasteiger partial charge in [-0.05, 0) is 84.4 Å². The van der Waals surface area contributed by atoms with Gasteiger partial charge in [0, 0.05) is 12.0 Å². The Morgan fingerprint density at radius 2 is 1.80 bits per heavy atom. The minimum atomic E-state index is -0.355. The van der Waals surface area contributed by atoms with E-state index >= 15 is 0 Å². The van der Waals surface area contributed by atoms with Crippen molar-refractivity contribution in [3.63, 3.8) is 0 Å². The Hall–Kier alpha value is -4.81. The van der Waals surface area contributed by atoms with Crippen LogP contribution in [0.3, 0.4) is 0 Å². The number of thioether (sulfide) groups is 1. The van der Waals surface area contributed by atoms with Crippen molar-refractivity contribution in [3.8, 4) is 11.4 Å². The van der Waals surface area contributed by atoms with Gasteiger partial charge in [-0.1, -0.05) is 42.1 Å². The number of hydrogen-bond acceptors (Lipinski definition) is 8. The van der Waals surface area contributed by atoms with Gasteiger partial charge in [-0.15, -0.1) is 21.5 Å². The lowest BCUT2D eigenvalue weighted by molar-refractivity contribution is -0.130. The summed E-state index contributed by atoms with van der Waals surface area (Å²) in [6.45, 7) is 4.16. The number of carbonyl (C=O) groups is 2. The SMILES string of the molecule is COc1ccc(C(=O)NCc2nnc(SCC(=O)N3N=C(c4cccs4)C[C@H]3c3ccc(F)cc3)n2-c2cccc(C)c2C)cc1. The maximum Gasteiger partial charge on any atom is 0.253 e. The summed E-state index contributed by atoms with van der Waals surface area (Å²) in [5.74, 6) is 0.415. The van der Waals surface area contributed by atoms with Crippen LogP contribution in [0.4, 0.5) is 4.39 Å². The maximum absolute atomic E-state index is 13.8. The standard InChI is InChI=1S/C34H31FN6O3S2/c1-21-6-4-7-28(22(21)2)40-31(19-36-33(43)24-11-15-26(44-3)16-12-24)37-38-34(40)46-20-32(42)41-29(23-9-13-25(35)14-10-23)18-27(39-41)30-8-5-17-45-30/h4-17,29H,18-20H2,1-3H3,(H,36,43)/t29-/m0/s1. The van der Waals surface area contributed by atoms with E-state index in [1.54, 1.807) is 54.8 Å². The van der Waals surface area contributed by atoms with Crippen molar-refractivity contribution < 1.29 is 18.7 Å². The number of amides is 2. The van der Waals surface area contributed by atoms with Gasteiger partial charge < -0.3 is 10.1 Å². The number of rotatable bonds is 10. The molecule has 234 valence electrons. The Morgan fingerprint density at radius 1 is 1.02 bits per heavy atom. The number of thiophene rings is 1. The molecule has 3 aromatic carbocycles. The lowest BCUT2D eigenvalue weighted by atomic mass is 10.0. The molecule has 0 saturated carbocycles. The predicted octanol–water partition coefficient (Wildman–Crippen LogP) is 6.49. The zero-order valence-electron chi connectivity index (χ0n) is 25.4. The highest BCUT2D eigenvalue weighted by Crippen LogP contribution is 2.35. The second-order valence-corrected chi connectivity index (χ2v) is 12.6. The molecule has 0 unspecified atom stereocenters. The first kappa shape index (κ1) is 31.2. The lowest BCUT2D eigenvalue weighted by Crippen LogP contribution is -2.28. The van der Waals surface area contributed by atoms with Crippen LogP contribution in [0.25, 0.3) is 5.69 Å². The number of methoxy groups -OCH3 is 1. The van der Waals surface area contributed by atoms with Crippen molar-refractivity contribution in [2.45, 2.75) is 38.0 Å². The molecule has 46 heavy (non-hydrogen) atoms. The molecular weight excluding hydrogens is 624 g/mol. The van der Waals surface area contributed by atoms with E-state index < -0.39 is 0 Å². The van der Waals surface area contributed by atoms with Crippen LogP contribution in [-0.2, 0) is 11.3 Å². The molecule has 0 saturated heterocycles. The number of aryl methyl sites for hydroxylation is 1. The molecule has 0 fully saturated rings. The van der Waals surface area contributed by atoms with Crippen molar-refractivity contribution >= 4 is 40.6 Å². The molecule has 3 heterocycles. The highest BCUT2D eigenvalue weighted by Gasteiger charge is 2.34. The molecule has 2 amide bonds. The van der Waals surface area contributed by atoms with E-state index in [9.17, 15) is 14.0 Å². The zero-order valence-corrected chi connectivity index (χ0v) is 27.1. The fourth-order valence-corrected chi connectivity index (χ4v) is 6.74. The van der Waals surface area contributed by atoms with Crippen LogP contribution in [0, 0.1) is 19.7 Å². The first-order valence-corrected chi connectivity index (χ1v) is 16.4. The highest BCUT2D eigenvalue weighted by atomic mass is 32.2. The zero-order chi connectivity index (χ0) is 32.2. The number of carbonyl (C=O) groups excluding carboxylic acids is 2. The number of hydrogen-bond donors (Lipinski definition) is 1. The molecule has 1 aliphatic heterocycles. The van der Waals surface area contributed by atoms with E-state index in [1.165, 1.54) is 28.9 Å². The van der Waals surface area contributed by atoms with Gasteiger partial charge in [0.15, 0.2) is 11.0 Å². The molecule has 12 heteroatoms. The van der Waals surface area contributed by atoms with Gasteiger partial charge in [0.05, 0.1) is 41.7 Å². The summed E-state index contributed by atoms with van der Waals surface area (Å²) >= 11 is 2.81. The first-order chi connectivity index (χ1) is 22.3. The molecule has 1 N–H and O–H groups in total. The molecular formula is C34H31FN6O3S2. The Labute approximate surface area is 274 Å². The first-order valence-electron chi connectivity index (χ1n) is 14.6. The molecule has 5 aromatic rings. The van der Waals surface area contributed by atoms with Gasteiger partial charge in [0.1, 0.15) is 11.6 Å². The van der Waals surface area contributed by atoms with E-state index in [2.05, 4.69) is 15.5 Å². The second kappa shape index (κ2) is 13.7. The number of halogens is 1. The number of aromatic nitrogens is 3. The van der Waals surface area contributed by atoms with Gasteiger partial charge in [0.25, 0.3) is 11.8 Å². The average Bonchev–Trinajstić information content (AvgIpc) is 3.85. The molecule has 0 bridgehead atoms. The lowest BCUT2D eigenvalue weighted by Gasteiger charge is -2.22. The third-order valence-electron chi connectivity index (χ3n) is 7.83. The summed E-state index contributed by atoms with van der Waals surface area (Å²) < 4.78 is 20.8. The molecule has 0 radical (unpaired) electrons. The molecule has 1 aliphatic rings.